The first kappa shape index (κ1) is 13.1. The van der Waals surface area contributed by atoms with Crippen molar-refractivity contribution in [2.45, 2.75) is 6.92 Å². The lowest BCUT2D eigenvalue weighted by Gasteiger charge is -2.07. The molecule has 1 heterocycles. The van der Waals surface area contributed by atoms with Crippen LogP contribution in [0.15, 0.2) is 28.7 Å². The zero-order valence-corrected chi connectivity index (χ0v) is 12.2. The molecule has 0 unspecified atom stereocenters. The fourth-order valence-electron chi connectivity index (χ4n) is 1.60. The van der Waals surface area contributed by atoms with E-state index < -0.39 is 0 Å². The number of carbonyl (C=O) groups excluding carboxylic acids is 1. The van der Waals surface area contributed by atoms with Gasteiger partial charge in [-0.3, -0.25) is 9.48 Å². The molecule has 2 aromatic rings. The Labute approximate surface area is 118 Å². The predicted octanol–water partition coefficient (Wildman–Crippen LogP) is 3.40. The highest BCUT2D eigenvalue weighted by molar-refractivity contribution is 9.10. The SMILES string of the molecule is Cc1cc(C(=O)Nc2ccc(Cl)cc2Br)n(C)n1. The van der Waals surface area contributed by atoms with Crippen LogP contribution >= 0.6 is 27.5 Å². The van der Waals surface area contributed by atoms with E-state index in [0.717, 1.165) is 10.2 Å². The van der Waals surface area contributed by atoms with Crippen molar-refractivity contribution in [2.75, 3.05) is 5.32 Å². The van der Waals surface area contributed by atoms with Crippen molar-refractivity contribution in [3.05, 3.63) is 45.1 Å². The van der Waals surface area contributed by atoms with E-state index >= 15 is 0 Å². The molecule has 18 heavy (non-hydrogen) atoms. The first-order chi connectivity index (χ1) is 8.47. The molecule has 1 aromatic heterocycles. The van der Waals surface area contributed by atoms with Gasteiger partial charge < -0.3 is 5.32 Å². The first-order valence-corrected chi connectivity index (χ1v) is 6.41. The lowest BCUT2D eigenvalue weighted by Crippen LogP contribution is -2.16. The Morgan fingerprint density at radius 3 is 2.72 bits per heavy atom. The third-order valence-corrected chi connectivity index (χ3v) is 3.31. The lowest BCUT2D eigenvalue weighted by molar-refractivity contribution is 0.101. The molecule has 94 valence electrons. The van der Waals surface area contributed by atoms with Crippen LogP contribution in [0, 0.1) is 6.92 Å². The molecule has 4 nitrogen and oxygen atoms in total. The number of aryl methyl sites for hydroxylation is 2. The van der Waals surface area contributed by atoms with E-state index in [2.05, 4.69) is 26.3 Å². The van der Waals surface area contributed by atoms with Crippen LogP contribution in [-0.2, 0) is 7.05 Å². The van der Waals surface area contributed by atoms with Gasteiger partial charge in [0, 0.05) is 16.5 Å². The second-order valence-electron chi connectivity index (χ2n) is 3.87. The van der Waals surface area contributed by atoms with Crippen LogP contribution in [0.3, 0.4) is 0 Å². The maximum Gasteiger partial charge on any atom is 0.273 e. The standard InChI is InChI=1S/C12H11BrClN3O/c1-7-5-11(17(2)16-7)12(18)15-10-4-3-8(14)6-9(10)13/h3-6H,1-2H3,(H,15,18). The van der Waals surface area contributed by atoms with Gasteiger partial charge in [-0.25, -0.2) is 0 Å². The zero-order valence-electron chi connectivity index (χ0n) is 9.87. The summed E-state index contributed by atoms with van der Waals surface area (Å²) >= 11 is 9.19. The first-order valence-electron chi connectivity index (χ1n) is 5.24. The van der Waals surface area contributed by atoms with E-state index in [4.69, 9.17) is 11.6 Å². The topological polar surface area (TPSA) is 46.9 Å². The maximum atomic E-state index is 12.1. The lowest BCUT2D eigenvalue weighted by atomic mass is 10.3. The number of halogens is 2. The molecule has 1 N–H and O–H groups in total. The summed E-state index contributed by atoms with van der Waals surface area (Å²) in [6, 6.07) is 6.93. The second-order valence-corrected chi connectivity index (χ2v) is 5.16. The van der Waals surface area contributed by atoms with Crippen molar-refractivity contribution in [2.24, 2.45) is 7.05 Å². The smallest absolute Gasteiger partial charge is 0.273 e. The molecule has 0 aliphatic heterocycles. The molecular formula is C12H11BrClN3O. The Hall–Kier alpha value is -1.33. The fourth-order valence-corrected chi connectivity index (χ4v) is 2.38. The van der Waals surface area contributed by atoms with Crippen LogP contribution in [0.1, 0.15) is 16.2 Å². The molecule has 6 heteroatoms. The van der Waals surface area contributed by atoms with Gasteiger partial charge >= 0.3 is 0 Å². The van der Waals surface area contributed by atoms with Gasteiger partial charge in [0.05, 0.1) is 11.4 Å². The van der Waals surface area contributed by atoms with Crippen LogP contribution in [-0.4, -0.2) is 15.7 Å². The zero-order chi connectivity index (χ0) is 13.3. The summed E-state index contributed by atoms with van der Waals surface area (Å²) in [5.74, 6) is -0.207. The summed E-state index contributed by atoms with van der Waals surface area (Å²) in [5, 5.41) is 7.54. The number of benzene rings is 1. The van der Waals surface area contributed by atoms with Gasteiger partial charge in [-0.15, -0.1) is 0 Å². The molecular weight excluding hydrogens is 318 g/mol. The van der Waals surface area contributed by atoms with Crippen LogP contribution in [0.4, 0.5) is 5.69 Å². The highest BCUT2D eigenvalue weighted by Crippen LogP contribution is 2.26. The Bertz CT molecular complexity index is 609. The van der Waals surface area contributed by atoms with E-state index in [0.29, 0.717) is 16.4 Å². The number of carbonyl (C=O) groups is 1. The Balaban J connectivity index is 2.24. The molecule has 0 aliphatic rings. The van der Waals surface area contributed by atoms with Crippen LogP contribution in [0.2, 0.25) is 5.02 Å². The largest absolute Gasteiger partial charge is 0.320 e. The molecule has 0 spiro atoms. The van der Waals surface area contributed by atoms with Crippen LogP contribution < -0.4 is 5.32 Å². The van der Waals surface area contributed by atoms with Gasteiger partial charge in [0.1, 0.15) is 5.69 Å². The number of anilines is 1. The quantitative estimate of drug-likeness (QED) is 0.918. The van der Waals surface area contributed by atoms with Gasteiger partial charge in [0.25, 0.3) is 5.91 Å². The van der Waals surface area contributed by atoms with Gasteiger partial charge in [0.15, 0.2) is 0 Å². The fraction of sp³-hybridized carbons (Fsp3) is 0.167. The van der Waals surface area contributed by atoms with Crippen molar-refractivity contribution in [3.63, 3.8) is 0 Å². The van der Waals surface area contributed by atoms with Crippen molar-refractivity contribution < 1.29 is 4.79 Å². The predicted molar refractivity (Wildman–Crippen MR) is 75.1 cm³/mol. The number of hydrogen-bond acceptors (Lipinski definition) is 2. The van der Waals surface area contributed by atoms with Gasteiger partial charge in [-0.2, -0.15) is 5.10 Å². The molecule has 0 atom stereocenters. The molecule has 0 bridgehead atoms. The molecule has 2 rings (SSSR count). The third-order valence-electron chi connectivity index (χ3n) is 2.41. The van der Waals surface area contributed by atoms with Crippen molar-refractivity contribution in [3.8, 4) is 0 Å². The van der Waals surface area contributed by atoms with Crippen molar-refractivity contribution in [1.29, 1.82) is 0 Å². The number of nitrogens with zero attached hydrogens (tertiary/aromatic N) is 2. The maximum absolute atomic E-state index is 12.1. The minimum absolute atomic E-state index is 0.207. The van der Waals surface area contributed by atoms with Gasteiger partial charge in [0.2, 0.25) is 0 Å². The summed E-state index contributed by atoms with van der Waals surface area (Å²) in [5.41, 5.74) is 1.98. The Morgan fingerprint density at radius 2 is 2.17 bits per heavy atom. The minimum atomic E-state index is -0.207. The van der Waals surface area contributed by atoms with E-state index in [9.17, 15) is 4.79 Å². The minimum Gasteiger partial charge on any atom is -0.320 e. The number of aromatic nitrogens is 2. The molecule has 0 fully saturated rings. The average molecular weight is 329 g/mol. The molecule has 1 amide bonds. The van der Waals surface area contributed by atoms with E-state index in [1.54, 1.807) is 36.0 Å². The number of amides is 1. The van der Waals surface area contributed by atoms with E-state index in [-0.39, 0.29) is 5.91 Å². The average Bonchev–Trinajstić information content (AvgIpc) is 2.62. The molecule has 0 saturated heterocycles. The van der Waals surface area contributed by atoms with E-state index in [1.165, 1.54) is 0 Å². The molecule has 1 aromatic carbocycles. The number of hydrogen-bond donors (Lipinski definition) is 1. The van der Waals surface area contributed by atoms with Crippen molar-refractivity contribution in [1.82, 2.24) is 9.78 Å². The Morgan fingerprint density at radius 1 is 1.44 bits per heavy atom. The molecule has 0 aliphatic carbocycles. The summed E-state index contributed by atoms with van der Waals surface area (Å²) in [6.45, 7) is 1.84. The van der Waals surface area contributed by atoms with E-state index in [1.807, 2.05) is 6.92 Å². The van der Waals surface area contributed by atoms with Crippen LogP contribution in [0.25, 0.3) is 0 Å². The van der Waals surface area contributed by atoms with Crippen LogP contribution in [0.5, 0.6) is 0 Å². The summed E-state index contributed by atoms with van der Waals surface area (Å²) in [6.07, 6.45) is 0. The molecule has 0 saturated carbocycles. The summed E-state index contributed by atoms with van der Waals surface area (Å²) in [7, 11) is 1.73. The number of rotatable bonds is 2. The summed E-state index contributed by atoms with van der Waals surface area (Å²) < 4.78 is 2.29. The highest BCUT2D eigenvalue weighted by Gasteiger charge is 2.13. The van der Waals surface area contributed by atoms with Gasteiger partial charge in [-0.05, 0) is 47.1 Å². The number of nitrogens with one attached hydrogen (secondary N) is 1. The summed E-state index contributed by atoms with van der Waals surface area (Å²) in [4.78, 5) is 12.1. The Kier molecular flexibility index (Phi) is 3.73. The second kappa shape index (κ2) is 5.12. The highest BCUT2D eigenvalue weighted by atomic mass is 79.9. The van der Waals surface area contributed by atoms with Gasteiger partial charge in [-0.1, -0.05) is 11.6 Å². The molecule has 0 radical (unpaired) electrons. The van der Waals surface area contributed by atoms with Crippen molar-refractivity contribution >= 4 is 39.1 Å². The third kappa shape index (κ3) is 2.73. The normalized spacial score (nSPS) is 10.4. The monoisotopic (exact) mass is 327 g/mol.